The van der Waals surface area contributed by atoms with E-state index in [9.17, 15) is 13.2 Å². The smallest absolute Gasteiger partial charge is 0.436 e. The molecule has 0 N–H and O–H groups in total. The van der Waals surface area contributed by atoms with Crippen LogP contribution in [0.2, 0.25) is 5.15 Å². The fourth-order valence-corrected chi connectivity index (χ4v) is 1.78. The molecule has 0 fully saturated rings. The zero-order valence-corrected chi connectivity index (χ0v) is 10.9. The quantitative estimate of drug-likeness (QED) is 0.835. The van der Waals surface area contributed by atoms with Gasteiger partial charge in [-0.1, -0.05) is 11.6 Å². The minimum atomic E-state index is -4.62. The summed E-state index contributed by atoms with van der Waals surface area (Å²) in [6.07, 6.45) is -4.67. The Morgan fingerprint density at radius 2 is 1.84 bits per heavy atom. The molecule has 0 spiro atoms. The van der Waals surface area contributed by atoms with E-state index in [2.05, 4.69) is 9.97 Å². The highest BCUT2D eigenvalue weighted by molar-refractivity contribution is 6.30. The average molecular weight is 291 g/mol. The molecular weight excluding hydrogens is 281 g/mol. The first-order chi connectivity index (χ1) is 8.77. The minimum absolute atomic E-state index is 0.0460. The van der Waals surface area contributed by atoms with Crippen molar-refractivity contribution < 1.29 is 17.9 Å². The van der Waals surface area contributed by atoms with Crippen molar-refractivity contribution >= 4 is 22.6 Å². The number of rotatable bonds is 2. The van der Waals surface area contributed by atoms with Gasteiger partial charge in [-0.25, -0.2) is 9.97 Å². The van der Waals surface area contributed by atoms with Gasteiger partial charge in [0.05, 0.1) is 17.1 Å². The van der Waals surface area contributed by atoms with Crippen molar-refractivity contribution in [1.82, 2.24) is 9.97 Å². The van der Waals surface area contributed by atoms with Crippen LogP contribution in [0.15, 0.2) is 18.2 Å². The molecule has 0 aliphatic heterocycles. The van der Waals surface area contributed by atoms with Crippen molar-refractivity contribution in [1.29, 1.82) is 0 Å². The van der Waals surface area contributed by atoms with Crippen LogP contribution in [0.1, 0.15) is 19.5 Å². The standard InChI is InChI=1S/C12H10ClF3N2O/c1-6(2)19-7-3-4-8-9(5-7)18-11(13)10(17-8)12(14,15)16/h3-6H,1-2H3. The van der Waals surface area contributed by atoms with E-state index in [0.717, 1.165) is 0 Å². The van der Waals surface area contributed by atoms with E-state index in [1.807, 2.05) is 13.8 Å². The first-order valence-electron chi connectivity index (χ1n) is 5.48. The summed E-state index contributed by atoms with van der Waals surface area (Å²) in [5.41, 5.74) is -0.803. The van der Waals surface area contributed by atoms with Crippen molar-refractivity contribution in [3.63, 3.8) is 0 Å². The Bertz CT molecular complexity index is 614. The van der Waals surface area contributed by atoms with Crippen LogP contribution < -0.4 is 4.74 Å². The molecule has 0 aliphatic rings. The van der Waals surface area contributed by atoms with Crippen molar-refractivity contribution in [2.45, 2.75) is 26.1 Å². The molecule has 7 heteroatoms. The van der Waals surface area contributed by atoms with E-state index < -0.39 is 17.0 Å². The number of fused-ring (bicyclic) bond motifs is 1. The summed E-state index contributed by atoms with van der Waals surface area (Å²) < 4.78 is 43.3. The lowest BCUT2D eigenvalue weighted by Gasteiger charge is -2.11. The number of benzene rings is 1. The lowest BCUT2D eigenvalue weighted by molar-refractivity contribution is -0.141. The fraction of sp³-hybridized carbons (Fsp3) is 0.333. The van der Waals surface area contributed by atoms with E-state index in [1.54, 1.807) is 6.07 Å². The summed E-state index contributed by atoms with van der Waals surface area (Å²) in [6, 6.07) is 4.48. The summed E-state index contributed by atoms with van der Waals surface area (Å²) in [6.45, 7) is 3.69. The number of nitrogens with zero attached hydrogens (tertiary/aromatic N) is 2. The molecule has 3 nitrogen and oxygen atoms in total. The van der Waals surface area contributed by atoms with Gasteiger partial charge < -0.3 is 4.74 Å². The van der Waals surface area contributed by atoms with E-state index in [4.69, 9.17) is 16.3 Å². The molecule has 0 amide bonds. The van der Waals surface area contributed by atoms with Crippen LogP contribution in [0.3, 0.4) is 0 Å². The third-order valence-corrected chi connectivity index (χ3v) is 2.50. The summed E-state index contributed by atoms with van der Waals surface area (Å²) in [4.78, 5) is 7.20. The molecule has 0 atom stereocenters. The first-order valence-corrected chi connectivity index (χ1v) is 5.86. The molecule has 0 unspecified atom stereocenters. The summed E-state index contributed by atoms with van der Waals surface area (Å²) in [5, 5.41) is -0.665. The molecule has 1 heterocycles. The topological polar surface area (TPSA) is 35.0 Å². The third kappa shape index (κ3) is 3.07. The summed E-state index contributed by atoms with van der Waals surface area (Å²) in [7, 11) is 0. The van der Waals surface area contributed by atoms with Gasteiger partial charge in [0, 0.05) is 6.07 Å². The molecule has 2 aromatic rings. The molecule has 0 aliphatic carbocycles. The predicted octanol–water partition coefficient (Wildman–Crippen LogP) is 4.09. The van der Waals surface area contributed by atoms with Gasteiger partial charge in [-0.2, -0.15) is 13.2 Å². The molecule has 0 bridgehead atoms. The highest BCUT2D eigenvalue weighted by Gasteiger charge is 2.36. The van der Waals surface area contributed by atoms with E-state index in [1.165, 1.54) is 12.1 Å². The Hall–Kier alpha value is -1.56. The van der Waals surface area contributed by atoms with Crippen LogP contribution >= 0.6 is 11.6 Å². The van der Waals surface area contributed by atoms with Crippen LogP contribution in [0.4, 0.5) is 13.2 Å². The Labute approximate surface area is 112 Å². The maximum atomic E-state index is 12.6. The lowest BCUT2D eigenvalue weighted by Crippen LogP contribution is -2.10. The third-order valence-electron chi connectivity index (χ3n) is 2.23. The van der Waals surface area contributed by atoms with Gasteiger partial charge in [0.15, 0.2) is 10.8 Å². The maximum Gasteiger partial charge on any atom is 0.436 e. The molecular formula is C12H10ClF3N2O. The maximum absolute atomic E-state index is 12.6. The molecule has 0 saturated heterocycles. The molecule has 2 rings (SSSR count). The number of aromatic nitrogens is 2. The summed E-state index contributed by atoms with van der Waals surface area (Å²) in [5.74, 6) is 0.507. The molecule has 0 radical (unpaired) electrons. The van der Waals surface area contributed by atoms with Crippen LogP contribution in [-0.2, 0) is 6.18 Å². The second-order valence-electron chi connectivity index (χ2n) is 4.18. The van der Waals surface area contributed by atoms with Crippen molar-refractivity contribution in [3.05, 3.63) is 29.0 Å². The van der Waals surface area contributed by atoms with Crippen molar-refractivity contribution in [3.8, 4) is 5.75 Å². The summed E-state index contributed by atoms with van der Waals surface area (Å²) >= 11 is 5.51. The molecule has 0 saturated carbocycles. The van der Waals surface area contributed by atoms with Crippen LogP contribution in [0.25, 0.3) is 11.0 Å². The van der Waals surface area contributed by atoms with Crippen LogP contribution in [0.5, 0.6) is 5.75 Å². The number of halogens is 4. The Morgan fingerprint density at radius 1 is 1.16 bits per heavy atom. The SMILES string of the molecule is CC(C)Oc1ccc2nc(C(F)(F)F)c(Cl)nc2c1. The zero-order valence-electron chi connectivity index (χ0n) is 10.1. The van der Waals surface area contributed by atoms with Crippen molar-refractivity contribution in [2.24, 2.45) is 0 Å². The Morgan fingerprint density at radius 3 is 2.42 bits per heavy atom. The first kappa shape index (κ1) is 13.9. The van der Waals surface area contributed by atoms with E-state index in [0.29, 0.717) is 5.75 Å². The second-order valence-corrected chi connectivity index (χ2v) is 4.54. The normalized spacial score (nSPS) is 12.2. The average Bonchev–Trinajstić information content (AvgIpc) is 2.25. The van der Waals surface area contributed by atoms with Crippen molar-refractivity contribution in [2.75, 3.05) is 0 Å². The van der Waals surface area contributed by atoms with Gasteiger partial charge in [-0.3, -0.25) is 0 Å². The highest BCUT2D eigenvalue weighted by Crippen LogP contribution is 2.33. The van der Waals surface area contributed by atoms with Gasteiger partial charge in [0.2, 0.25) is 0 Å². The number of alkyl halides is 3. The van der Waals surface area contributed by atoms with Crippen LogP contribution in [-0.4, -0.2) is 16.1 Å². The Balaban J connectivity index is 2.52. The van der Waals surface area contributed by atoms with Gasteiger partial charge >= 0.3 is 6.18 Å². The van der Waals surface area contributed by atoms with Gasteiger partial charge in [0.25, 0.3) is 0 Å². The predicted molar refractivity (Wildman–Crippen MR) is 65.3 cm³/mol. The number of ether oxygens (including phenoxy) is 1. The number of hydrogen-bond donors (Lipinski definition) is 0. The Kier molecular flexibility index (Phi) is 3.54. The van der Waals surface area contributed by atoms with E-state index >= 15 is 0 Å². The van der Waals surface area contributed by atoms with E-state index in [-0.39, 0.29) is 17.1 Å². The largest absolute Gasteiger partial charge is 0.491 e. The second kappa shape index (κ2) is 4.85. The monoisotopic (exact) mass is 290 g/mol. The van der Waals surface area contributed by atoms with Crippen LogP contribution in [0, 0.1) is 0 Å². The van der Waals surface area contributed by atoms with Gasteiger partial charge in [0.1, 0.15) is 5.75 Å². The van der Waals surface area contributed by atoms with Gasteiger partial charge in [-0.05, 0) is 26.0 Å². The molecule has 19 heavy (non-hydrogen) atoms. The van der Waals surface area contributed by atoms with Gasteiger partial charge in [-0.15, -0.1) is 0 Å². The lowest BCUT2D eigenvalue weighted by atomic mass is 10.2. The minimum Gasteiger partial charge on any atom is -0.491 e. The fourth-order valence-electron chi connectivity index (χ4n) is 1.54. The molecule has 1 aromatic carbocycles. The zero-order chi connectivity index (χ0) is 14.2. The molecule has 1 aromatic heterocycles. The highest BCUT2D eigenvalue weighted by atomic mass is 35.5. The number of hydrogen-bond acceptors (Lipinski definition) is 3. The molecule has 102 valence electrons.